The van der Waals surface area contributed by atoms with Crippen molar-refractivity contribution in [1.29, 1.82) is 0 Å². The van der Waals surface area contributed by atoms with Crippen LogP contribution in [0.2, 0.25) is 0 Å². The van der Waals surface area contributed by atoms with Crippen LogP contribution in [0.25, 0.3) is 0 Å². The summed E-state index contributed by atoms with van der Waals surface area (Å²) in [7, 11) is 3.22. The average Bonchev–Trinajstić information content (AvgIpc) is 2.64. The third kappa shape index (κ3) is 6.64. The maximum atomic E-state index is 12.0. The molecule has 0 radical (unpaired) electrons. The highest BCUT2D eigenvalue weighted by molar-refractivity contribution is 9.10. The van der Waals surface area contributed by atoms with E-state index in [1.54, 1.807) is 14.2 Å². The van der Waals surface area contributed by atoms with Crippen molar-refractivity contribution < 1.29 is 19.0 Å². The molecule has 152 valence electrons. The molecule has 0 aromatic heterocycles. The lowest BCUT2D eigenvalue weighted by molar-refractivity contribution is -0.124. The van der Waals surface area contributed by atoms with E-state index in [0.717, 1.165) is 21.5 Å². The molecule has 0 aliphatic heterocycles. The molecule has 2 rings (SSSR count). The van der Waals surface area contributed by atoms with Crippen LogP contribution >= 0.6 is 15.9 Å². The maximum Gasteiger partial charge on any atom is 0.258 e. The second kappa shape index (κ2) is 9.68. The van der Waals surface area contributed by atoms with E-state index < -0.39 is 0 Å². The standard InChI is InChI=1S/C21H27BrN2O4/c1-21(2,3)24-20(25)13-28-19-11-17(22)14(10-18(19)27-5)12-23-15-6-8-16(26-4)9-7-15/h6-11,23H,12-13H2,1-5H3,(H,24,25). The quantitative estimate of drug-likeness (QED) is 0.624. The first-order valence-electron chi connectivity index (χ1n) is 8.90. The van der Waals surface area contributed by atoms with Crippen LogP contribution < -0.4 is 24.8 Å². The van der Waals surface area contributed by atoms with Gasteiger partial charge in [-0.3, -0.25) is 4.79 Å². The Bertz CT molecular complexity index is 801. The lowest BCUT2D eigenvalue weighted by Gasteiger charge is -2.21. The number of benzene rings is 2. The lowest BCUT2D eigenvalue weighted by atomic mass is 10.1. The molecule has 0 unspecified atom stereocenters. The lowest BCUT2D eigenvalue weighted by Crippen LogP contribution is -2.43. The van der Waals surface area contributed by atoms with Crippen LogP contribution in [-0.2, 0) is 11.3 Å². The number of amides is 1. The monoisotopic (exact) mass is 450 g/mol. The van der Waals surface area contributed by atoms with E-state index in [0.29, 0.717) is 18.0 Å². The van der Waals surface area contributed by atoms with Gasteiger partial charge in [-0.05, 0) is 62.7 Å². The summed E-state index contributed by atoms with van der Waals surface area (Å²) < 4.78 is 17.1. The number of hydrogen-bond donors (Lipinski definition) is 2. The molecule has 0 fully saturated rings. The average molecular weight is 451 g/mol. The van der Waals surface area contributed by atoms with Gasteiger partial charge < -0.3 is 24.8 Å². The van der Waals surface area contributed by atoms with Crippen molar-refractivity contribution in [3.63, 3.8) is 0 Å². The number of rotatable bonds is 8. The Morgan fingerprint density at radius 3 is 2.29 bits per heavy atom. The summed E-state index contributed by atoms with van der Waals surface area (Å²) >= 11 is 3.57. The van der Waals surface area contributed by atoms with Gasteiger partial charge in [0.25, 0.3) is 5.91 Å². The number of carbonyl (C=O) groups excluding carboxylic acids is 1. The first-order valence-corrected chi connectivity index (χ1v) is 9.69. The zero-order valence-corrected chi connectivity index (χ0v) is 18.5. The van der Waals surface area contributed by atoms with Crippen LogP contribution in [0.1, 0.15) is 26.3 Å². The molecule has 1 amide bonds. The smallest absolute Gasteiger partial charge is 0.258 e. The molecule has 6 nitrogen and oxygen atoms in total. The van der Waals surface area contributed by atoms with Crippen molar-refractivity contribution in [1.82, 2.24) is 5.32 Å². The molecule has 0 bridgehead atoms. The first-order chi connectivity index (χ1) is 13.2. The van der Waals surface area contributed by atoms with Gasteiger partial charge in [-0.1, -0.05) is 15.9 Å². The number of nitrogens with one attached hydrogen (secondary N) is 2. The van der Waals surface area contributed by atoms with Gasteiger partial charge in [-0.2, -0.15) is 0 Å². The summed E-state index contributed by atoms with van der Waals surface area (Å²) in [6, 6.07) is 11.4. The Morgan fingerprint density at radius 1 is 1.04 bits per heavy atom. The summed E-state index contributed by atoms with van der Waals surface area (Å²) in [5.74, 6) is 1.70. The highest BCUT2D eigenvalue weighted by Gasteiger charge is 2.16. The van der Waals surface area contributed by atoms with E-state index in [-0.39, 0.29) is 18.1 Å². The summed E-state index contributed by atoms with van der Waals surface area (Å²) in [6.45, 7) is 6.28. The van der Waals surface area contributed by atoms with E-state index in [1.165, 1.54) is 0 Å². The minimum Gasteiger partial charge on any atom is -0.497 e. The Balaban J connectivity index is 2.04. The molecule has 2 aromatic carbocycles. The van der Waals surface area contributed by atoms with Crippen LogP contribution in [-0.4, -0.2) is 32.3 Å². The fraction of sp³-hybridized carbons (Fsp3) is 0.381. The van der Waals surface area contributed by atoms with Gasteiger partial charge >= 0.3 is 0 Å². The van der Waals surface area contributed by atoms with Gasteiger partial charge in [-0.15, -0.1) is 0 Å². The van der Waals surface area contributed by atoms with E-state index in [4.69, 9.17) is 14.2 Å². The molecular formula is C21H27BrN2O4. The predicted molar refractivity (Wildman–Crippen MR) is 114 cm³/mol. The number of anilines is 1. The van der Waals surface area contributed by atoms with E-state index in [2.05, 4.69) is 26.6 Å². The molecule has 7 heteroatoms. The Labute approximate surface area is 174 Å². The molecular weight excluding hydrogens is 424 g/mol. The fourth-order valence-corrected chi connectivity index (χ4v) is 2.95. The third-order valence-electron chi connectivity index (χ3n) is 3.78. The van der Waals surface area contributed by atoms with Crippen LogP contribution in [0.15, 0.2) is 40.9 Å². The van der Waals surface area contributed by atoms with Crippen LogP contribution in [0.4, 0.5) is 5.69 Å². The number of halogens is 1. The number of hydrogen-bond acceptors (Lipinski definition) is 5. The molecule has 0 atom stereocenters. The van der Waals surface area contributed by atoms with Gasteiger partial charge in [0, 0.05) is 22.2 Å². The molecule has 0 saturated carbocycles. The topological polar surface area (TPSA) is 68.8 Å². The summed E-state index contributed by atoms with van der Waals surface area (Å²) in [4.78, 5) is 12.0. The van der Waals surface area contributed by atoms with Crippen molar-refractivity contribution >= 4 is 27.5 Å². The maximum absolute atomic E-state index is 12.0. The van der Waals surface area contributed by atoms with Crippen LogP contribution in [0.3, 0.4) is 0 Å². The van der Waals surface area contributed by atoms with E-state index >= 15 is 0 Å². The molecule has 0 heterocycles. The number of carbonyl (C=O) groups is 1. The summed E-state index contributed by atoms with van der Waals surface area (Å²) in [5.41, 5.74) is 1.67. The fourth-order valence-electron chi connectivity index (χ4n) is 2.49. The molecule has 0 spiro atoms. The molecule has 0 aliphatic rings. The van der Waals surface area contributed by atoms with Crippen LogP contribution in [0.5, 0.6) is 17.2 Å². The molecule has 2 N–H and O–H groups in total. The van der Waals surface area contributed by atoms with Crippen LogP contribution in [0, 0.1) is 0 Å². The first kappa shape index (κ1) is 21.9. The van der Waals surface area contributed by atoms with Gasteiger partial charge in [0.05, 0.1) is 14.2 Å². The van der Waals surface area contributed by atoms with Crippen molar-refractivity contribution in [2.45, 2.75) is 32.9 Å². The number of methoxy groups -OCH3 is 2. The van der Waals surface area contributed by atoms with E-state index in [1.807, 2.05) is 57.2 Å². The third-order valence-corrected chi connectivity index (χ3v) is 4.52. The predicted octanol–water partition coefficient (Wildman–Crippen LogP) is 4.37. The Hall–Kier alpha value is -2.41. The largest absolute Gasteiger partial charge is 0.497 e. The SMILES string of the molecule is COc1ccc(NCc2cc(OC)c(OCC(=O)NC(C)(C)C)cc2Br)cc1. The Morgan fingerprint density at radius 2 is 1.71 bits per heavy atom. The molecule has 28 heavy (non-hydrogen) atoms. The van der Waals surface area contributed by atoms with Crippen molar-refractivity contribution in [2.75, 3.05) is 26.1 Å². The Kier molecular flexibility index (Phi) is 7.57. The summed E-state index contributed by atoms with van der Waals surface area (Å²) in [5, 5.41) is 6.22. The minimum absolute atomic E-state index is 0.0798. The molecule has 2 aromatic rings. The zero-order chi connectivity index (χ0) is 20.7. The second-order valence-electron chi connectivity index (χ2n) is 7.26. The minimum atomic E-state index is -0.303. The summed E-state index contributed by atoms with van der Waals surface area (Å²) in [6.07, 6.45) is 0. The van der Waals surface area contributed by atoms with Gasteiger partial charge in [0.2, 0.25) is 0 Å². The van der Waals surface area contributed by atoms with Gasteiger partial charge in [0.1, 0.15) is 5.75 Å². The van der Waals surface area contributed by atoms with Crippen molar-refractivity contribution in [3.8, 4) is 17.2 Å². The highest BCUT2D eigenvalue weighted by Crippen LogP contribution is 2.34. The molecule has 0 saturated heterocycles. The highest BCUT2D eigenvalue weighted by atomic mass is 79.9. The van der Waals surface area contributed by atoms with Gasteiger partial charge in [0.15, 0.2) is 18.1 Å². The van der Waals surface area contributed by atoms with E-state index in [9.17, 15) is 4.79 Å². The normalized spacial score (nSPS) is 10.9. The zero-order valence-electron chi connectivity index (χ0n) is 16.9. The van der Waals surface area contributed by atoms with Crippen molar-refractivity contribution in [3.05, 3.63) is 46.4 Å². The van der Waals surface area contributed by atoms with Crippen molar-refractivity contribution in [2.24, 2.45) is 0 Å². The number of ether oxygens (including phenoxy) is 3. The second-order valence-corrected chi connectivity index (χ2v) is 8.12. The van der Waals surface area contributed by atoms with Gasteiger partial charge in [-0.25, -0.2) is 0 Å². The molecule has 0 aliphatic carbocycles.